The number of nitrogens with one attached hydrogen (secondary N) is 1. The zero-order valence-electron chi connectivity index (χ0n) is 24.3. The van der Waals surface area contributed by atoms with Crippen molar-refractivity contribution in [2.75, 3.05) is 12.3 Å². The summed E-state index contributed by atoms with van der Waals surface area (Å²) < 4.78 is 0. The SMILES string of the molecule is NCCCCC(CC(=O)O)CC(=O)C(CSC(=O)Cc1ccccc1Cc1c(Cl)cccc1Cl)NC(=O)CCC(N)C(=O)O. The van der Waals surface area contributed by atoms with E-state index in [0.717, 1.165) is 28.5 Å². The first kappa shape index (κ1) is 37.2. The third-order valence-corrected chi connectivity index (χ3v) is 8.71. The van der Waals surface area contributed by atoms with Crippen LogP contribution < -0.4 is 16.8 Å². The van der Waals surface area contributed by atoms with Crippen LogP contribution in [-0.2, 0) is 36.8 Å². The van der Waals surface area contributed by atoms with Crippen molar-refractivity contribution in [3.05, 3.63) is 69.2 Å². The van der Waals surface area contributed by atoms with Crippen molar-refractivity contribution in [3.8, 4) is 0 Å². The maximum atomic E-state index is 13.3. The lowest BCUT2D eigenvalue weighted by Gasteiger charge is -2.21. The molecule has 13 heteroatoms. The lowest BCUT2D eigenvalue weighted by Crippen LogP contribution is -2.44. The molecular formula is C31H39Cl2N3O7S. The molecule has 0 saturated heterocycles. The summed E-state index contributed by atoms with van der Waals surface area (Å²) in [5, 5.41) is 21.7. The Balaban J connectivity index is 2.14. The van der Waals surface area contributed by atoms with Crippen molar-refractivity contribution >= 4 is 63.7 Å². The molecule has 0 aromatic heterocycles. The smallest absolute Gasteiger partial charge is 0.320 e. The molecule has 10 nitrogen and oxygen atoms in total. The lowest BCUT2D eigenvalue weighted by molar-refractivity contribution is -0.140. The molecule has 2 rings (SSSR count). The number of carbonyl (C=O) groups excluding carboxylic acids is 3. The largest absolute Gasteiger partial charge is 0.481 e. The first-order chi connectivity index (χ1) is 20.9. The number of benzene rings is 2. The van der Waals surface area contributed by atoms with E-state index in [-0.39, 0.29) is 43.0 Å². The second-order valence-electron chi connectivity index (χ2n) is 10.5. The number of nitrogens with two attached hydrogens (primary N) is 2. The molecule has 2 aromatic carbocycles. The molecule has 0 bridgehead atoms. The number of hydrogen-bond donors (Lipinski definition) is 5. The summed E-state index contributed by atoms with van der Waals surface area (Å²) in [7, 11) is 0. The fourth-order valence-electron chi connectivity index (χ4n) is 4.60. The van der Waals surface area contributed by atoms with E-state index in [0.29, 0.717) is 42.3 Å². The van der Waals surface area contributed by atoms with Gasteiger partial charge >= 0.3 is 11.9 Å². The average molecular weight is 669 g/mol. The van der Waals surface area contributed by atoms with Gasteiger partial charge in [-0.25, -0.2) is 0 Å². The number of Topliss-reactive ketones (excluding diaryl/α,β-unsaturated/α-hetero) is 1. The molecule has 44 heavy (non-hydrogen) atoms. The van der Waals surface area contributed by atoms with Gasteiger partial charge in [0.25, 0.3) is 0 Å². The van der Waals surface area contributed by atoms with E-state index in [9.17, 15) is 29.1 Å². The van der Waals surface area contributed by atoms with E-state index in [1.54, 1.807) is 18.2 Å². The number of carboxylic acids is 2. The van der Waals surface area contributed by atoms with Gasteiger partial charge in [-0.3, -0.25) is 24.0 Å². The van der Waals surface area contributed by atoms with Crippen LogP contribution in [0.3, 0.4) is 0 Å². The van der Waals surface area contributed by atoms with Gasteiger partial charge in [0, 0.05) is 47.9 Å². The van der Waals surface area contributed by atoms with Crippen LogP contribution in [0, 0.1) is 5.92 Å². The number of carboxylic acid groups (broad SMARTS) is 2. The summed E-state index contributed by atoms with van der Waals surface area (Å²) >= 11 is 13.6. The van der Waals surface area contributed by atoms with Gasteiger partial charge in [0.2, 0.25) is 5.91 Å². The molecule has 1 amide bonds. The Kier molecular flexibility index (Phi) is 16.4. The predicted octanol–water partition coefficient (Wildman–Crippen LogP) is 4.24. The van der Waals surface area contributed by atoms with Crippen LogP contribution in [0.5, 0.6) is 0 Å². The fourth-order valence-corrected chi connectivity index (χ4v) is 6.01. The molecular weight excluding hydrogens is 629 g/mol. The summed E-state index contributed by atoms with van der Waals surface area (Å²) in [4.78, 5) is 61.5. The van der Waals surface area contributed by atoms with E-state index in [4.69, 9.17) is 39.8 Å². The van der Waals surface area contributed by atoms with Crippen molar-refractivity contribution in [1.82, 2.24) is 5.32 Å². The van der Waals surface area contributed by atoms with Crippen molar-refractivity contribution in [1.29, 1.82) is 0 Å². The zero-order chi connectivity index (χ0) is 32.6. The first-order valence-electron chi connectivity index (χ1n) is 14.3. The molecule has 7 N–H and O–H groups in total. The zero-order valence-corrected chi connectivity index (χ0v) is 26.6. The van der Waals surface area contributed by atoms with Crippen LogP contribution in [0.15, 0.2) is 42.5 Å². The van der Waals surface area contributed by atoms with E-state index in [2.05, 4.69) is 5.32 Å². The molecule has 0 aliphatic rings. The summed E-state index contributed by atoms with van der Waals surface area (Å²) in [5.74, 6) is -3.83. The number of carbonyl (C=O) groups is 5. The van der Waals surface area contributed by atoms with Gasteiger partial charge < -0.3 is 27.0 Å². The molecule has 0 fully saturated rings. The summed E-state index contributed by atoms with van der Waals surface area (Å²) in [6, 6.07) is 10.3. The summed E-state index contributed by atoms with van der Waals surface area (Å²) in [5.41, 5.74) is 13.4. The molecule has 240 valence electrons. The minimum atomic E-state index is -1.25. The Morgan fingerprint density at radius 2 is 1.55 bits per heavy atom. The topological polar surface area (TPSA) is 190 Å². The highest BCUT2D eigenvalue weighted by atomic mass is 35.5. The fraction of sp³-hybridized carbons (Fsp3) is 0.452. The number of aliphatic carboxylic acids is 2. The number of hydrogen-bond acceptors (Lipinski definition) is 8. The Morgan fingerprint density at radius 1 is 0.886 bits per heavy atom. The van der Waals surface area contributed by atoms with Crippen LogP contribution in [0.4, 0.5) is 0 Å². The quantitative estimate of drug-likeness (QED) is 0.128. The van der Waals surface area contributed by atoms with Crippen LogP contribution >= 0.6 is 35.0 Å². The maximum Gasteiger partial charge on any atom is 0.320 e. The van der Waals surface area contributed by atoms with Crippen LogP contribution in [0.2, 0.25) is 10.0 Å². The molecule has 2 aromatic rings. The number of thioether (sulfide) groups is 1. The van der Waals surface area contributed by atoms with Crippen molar-refractivity contribution in [3.63, 3.8) is 0 Å². The van der Waals surface area contributed by atoms with E-state index in [1.807, 2.05) is 24.3 Å². The van der Waals surface area contributed by atoms with Crippen molar-refractivity contribution < 1.29 is 34.2 Å². The van der Waals surface area contributed by atoms with Crippen LogP contribution in [0.25, 0.3) is 0 Å². The van der Waals surface area contributed by atoms with Gasteiger partial charge in [-0.15, -0.1) is 0 Å². The monoisotopic (exact) mass is 667 g/mol. The number of amides is 1. The predicted molar refractivity (Wildman–Crippen MR) is 172 cm³/mol. The van der Waals surface area contributed by atoms with E-state index in [1.165, 1.54) is 0 Å². The maximum absolute atomic E-state index is 13.3. The Hall–Kier alpha value is -2.96. The molecule has 0 heterocycles. The van der Waals surface area contributed by atoms with E-state index < -0.39 is 41.6 Å². The van der Waals surface area contributed by atoms with E-state index >= 15 is 0 Å². The number of halogens is 2. The van der Waals surface area contributed by atoms with Gasteiger partial charge in [0.1, 0.15) is 6.04 Å². The minimum Gasteiger partial charge on any atom is -0.481 e. The first-order valence-corrected chi connectivity index (χ1v) is 16.0. The van der Waals surface area contributed by atoms with Gasteiger partial charge in [-0.1, -0.05) is 71.7 Å². The third-order valence-electron chi connectivity index (χ3n) is 7.04. The van der Waals surface area contributed by atoms with Gasteiger partial charge in [-0.2, -0.15) is 0 Å². The van der Waals surface area contributed by atoms with Crippen LogP contribution in [-0.4, -0.2) is 63.3 Å². The summed E-state index contributed by atoms with van der Waals surface area (Å²) in [6.45, 7) is 0.443. The highest BCUT2D eigenvalue weighted by Crippen LogP contribution is 2.28. The Labute approximate surface area is 271 Å². The second kappa shape index (κ2) is 19.4. The number of unbranched alkanes of at least 4 members (excludes halogenated alkanes) is 1. The standard InChI is InChI=1S/C31H39Cl2N3O7S/c32-23-9-5-10-24(33)22(23)16-20-7-1-2-8-21(20)17-30(41)44-18-26(36-28(38)12-11-25(35)31(42)43)27(37)14-19(15-29(39)40)6-3-4-13-34/h1-2,5,7-10,19,25-26H,3-4,6,11-18,34-35H2,(H,36,38)(H,39,40)(H,42,43). The molecule has 0 spiro atoms. The third kappa shape index (κ3) is 13.4. The van der Waals surface area contributed by atoms with Gasteiger partial charge in [0.15, 0.2) is 10.9 Å². The Bertz CT molecular complexity index is 1290. The molecule has 0 saturated carbocycles. The Morgan fingerprint density at radius 3 is 2.16 bits per heavy atom. The average Bonchev–Trinajstić information content (AvgIpc) is 2.96. The van der Waals surface area contributed by atoms with Crippen LogP contribution in [0.1, 0.15) is 61.6 Å². The lowest BCUT2D eigenvalue weighted by atomic mass is 9.91. The number of ketones is 1. The highest BCUT2D eigenvalue weighted by molar-refractivity contribution is 8.13. The molecule has 3 atom stereocenters. The van der Waals surface area contributed by atoms with Crippen molar-refractivity contribution in [2.45, 2.75) is 69.9 Å². The summed E-state index contributed by atoms with van der Waals surface area (Å²) in [6.07, 6.45) is 1.57. The molecule has 0 aliphatic heterocycles. The highest BCUT2D eigenvalue weighted by Gasteiger charge is 2.27. The van der Waals surface area contributed by atoms with Gasteiger partial charge in [0.05, 0.1) is 6.04 Å². The molecule has 0 aliphatic carbocycles. The molecule has 3 unspecified atom stereocenters. The normalized spacial score (nSPS) is 13.1. The second-order valence-corrected chi connectivity index (χ2v) is 12.4. The molecule has 0 radical (unpaired) electrons. The number of rotatable bonds is 20. The van der Waals surface area contributed by atoms with Gasteiger partial charge in [-0.05, 0) is 60.5 Å². The minimum absolute atomic E-state index is 0.0476. The van der Waals surface area contributed by atoms with Crippen molar-refractivity contribution in [2.24, 2.45) is 17.4 Å².